The van der Waals surface area contributed by atoms with Crippen LogP contribution in [0.1, 0.15) is 20.8 Å². The first-order valence-electron chi connectivity index (χ1n) is 6.49. The molecule has 0 aromatic rings. The summed E-state index contributed by atoms with van der Waals surface area (Å²) in [5, 5.41) is 19.1. The lowest BCUT2D eigenvalue weighted by atomic mass is 9.79. The van der Waals surface area contributed by atoms with E-state index in [1.54, 1.807) is 18.7 Å². The summed E-state index contributed by atoms with van der Waals surface area (Å²) in [6, 6.07) is -0.217. The van der Waals surface area contributed by atoms with Crippen molar-refractivity contribution in [2.24, 2.45) is 11.8 Å². The molecule has 2 N–H and O–H groups in total. The molecule has 1 amide bonds. The Morgan fingerprint density at radius 1 is 1.40 bits per heavy atom. The fraction of sp³-hybridized carbons (Fsp3) is 0.692. The zero-order chi connectivity index (χ0) is 15.2. The summed E-state index contributed by atoms with van der Waals surface area (Å²) in [4.78, 5) is 25.7. The number of thioether (sulfide) groups is 2. The Morgan fingerprint density at radius 2 is 2.00 bits per heavy atom. The van der Waals surface area contributed by atoms with Crippen molar-refractivity contribution in [1.82, 2.24) is 4.90 Å². The minimum Gasteiger partial charge on any atom is -0.477 e. The molecule has 1 saturated heterocycles. The summed E-state index contributed by atoms with van der Waals surface area (Å²) in [6.07, 6.45) is 1.22. The number of nitrogens with zero attached hydrogens (tertiary/aromatic N) is 1. The fourth-order valence-corrected chi connectivity index (χ4v) is 4.61. The normalized spacial score (nSPS) is 31.9. The fourth-order valence-electron chi connectivity index (χ4n) is 2.91. The third kappa shape index (κ3) is 2.25. The van der Waals surface area contributed by atoms with Crippen LogP contribution in [0.3, 0.4) is 0 Å². The number of carboxylic acids is 1. The van der Waals surface area contributed by atoms with Gasteiger partial charge in [0.1, 0.15) is 5.70 Å². The smallest absolute Gasteiger partial charge is 0.353 e. The molecular formula is C13H19NO4S2. The van der Waals surface area contributed by atoms with Gasteiger partial charge in [-0.1, -0.05) is 6.92 Å². The Bertz CT molecular complexity index is 477. The van der Waals surface area contributed by atoms with Gasteiger partial charge in [-0.15, -0.1) is 11.8 Å². The van der Waals surface area contributed by atoms with Crippen LogP contribution in [0, 0.1) is 11.8 Å². The molecule has 0 aliphatic carbocycles. The van der Waals surface area contributed by atoms with Gasteiger partial charge in [0, 0.05) is 10.8 Å². The average Bonchev–Trinajstić information content (AvgIpc) is 2.59. The number of amides is 1. The van der Waals surface area contributed by atoms with Crippen LogP contribution in [0.15, 0.2) is 10.6 Å². The van der Waals surface area contributed by atoms with Crippen LogP contribution in [0.4, 0.5) is 0 Å². The second-order valence-corrected chi connectivity index (χ2v) is 8.05. The maximum Gasteiger partial charge on any atom is 0.353 e. The number of hydrogen-bond donors (Lipinski definition) is 2. The minimum absolute atomic E-state index is 0.0435. The molecule has 7 heteroatoms. The molecule has 0 saturated carbocycles. The van der Waals surface area contributed by atoms with Crippen molar-refractivity contribution in [3.63, 3.8) is 0 Å². The van der Waals surface area contributed by atoms with Gasteiger partial charge in [-0.25, -0.2) is 4.79 Å². The summed E-state index contributed by atoms with van der Waals surface area (Å²) >= 11 is 3.14. The topological polar surface area (TPSA) is 77.8 Å². The molecule has 0 radical (unpaired) electrons. The molecule has 2 rings (SSSR count). The molecule has 1 fully saturated rings. The number of rotatable bonds is 5. The Balaban J connectivity index is 2.35. The maximum absolute atomic E-state index is 12.1. The maximum atomic E-state index is 12.1. The van der Waals surface area contributed by atoms with Gasteiger partial charge in [-0.05, 0) is 20.1 Å². The SMILES string of the molecule is CSC(C)SC1=C(C(=O)O)N2C(=O)[C@H]([C@@H](C)O)[C@H]2[C@H]1C. The predicted molar refractivity (Wildman–Crippen MR) is 80.2 cm³/mol. The van der Waals surface area contributed by atoms with Gasteiger partial charge in [-0.2, -0.15) is 11.8 Å². The molecule has 5 nitrogen and oxygen atoms in total. The van der Waals surface area contributed by atoms with Crippen molar-refractivity contribution < 1.29 is 19.8 Å². The average molecular weight is 317 g/mol. The van der Waals surface area contributed by atoms with Crippen LogP contribution in [0.5, 0.6) is 0 Å². The number of carbonyl (C=O) groups excluding carboxylic acids is 1. The number of aliphatic hydroxyl groups excluding tert-OH is 1. The van der Waals surface area contributed by atoms with Gasteiger partial charge < -0.3 is 15.1 Å². The van der Waals surface area contributed by atoms with E-state index in [4.69, 9.17) is 0 Å². The molecule has 112 valence electrons. The lowest BCUT2D eigenvalue weighted by Crippen LogP contribution is -2.63. The number of β-lactam (4-membered cyclic amide) rings is 1. The van der Waals surface area contributed by atoms with E-state index < -0.39 is 18.0 Å². The van der Waals surface area contributed by atoms with E-state index in [1.807, 2.05) is 20.1 Å². The van der Waals surface area contributed by atoms with Crippen LogP contribution in [-0.2, 0) is 9.59 Å². The zero-order valence-electron chi connectivity index (χ0n) is 11.9. The summed E-state index contributed by atoms with van der Waals surface area (Å²) in [5.41, 5.74) is 0.107. The number of carbonyl (C=O) groups is 2. The van der Waals surface area contributed by atoms with E-state index in [-0.39, 0.29) is 28.1 Å². The molecular weight excluding hydrogens is 298 g/mol. The number of fused-ring (bicyclic) bond motifs is 1. The highest BCUT2D eigenvalue weighted by Crippen LogP contribution is 2.51. The van der Waals surface area contributed by atoms with Gasteiger partial charge >= 0.3 is 5.97 Å². The van der Waals surface area contributed by atoms with Gasteiger partial charge in [-0.3, -0.25) is 4.79 Å². The monoisotopic (exact) mass is 317 g/mol. The van der Waals surface area contributed by atoms with E-state index in [2.05, 4.69) is 0 Å². The lowest BCUT2D eigenvalue weighted by molar-refractivity contribution is -0.163. The van der Waals surface area contributed by atoms with Crippen LogP contribution < -0.4 is 0 Å². The summed E-state index contributed by atoms with van der Waals surface area (Å²) in [6.45, 7) is 5.53. The predicted octanol–water partition coefficient (Wildman–Crippen LogP) is 1.58. The summed E-state index contributed by atoms with van der Waals surface area (Å²) in [5.74, 6) is -1.87. The second-order valence-electron chi connectivity index (χ2n) is 5.19. The van der Waals surface area contributed by atoms with Crippen LogP contribution in [0.25, 0.3) is 0 Å². The Kier molecular flexibility index (Phi) is 4.41. The Morgan fingerprint density at radius 3 is 2.45 bits per heavy atom. The Hall–Kier alpha value is -0.660. The van der Waals surface area contributed by atoms with Crippen molar-refractivity contribution in [1.29, 1.82) is 0 Å². The molecule has 0 bridgehead atoms. The first-order valence-corrected chi connectivity index (χ1v) is 8.66. The van der Waals surface area contributed by atoms with E-state index >= 15 is 0 Å². The van der Waals surface area contributed by atoms with E-state index in [0.717, 1.165) is 4.91 Å². The summed E-state index contributed by atoms with van der Waals surface area (Å²) < 4.78 is 0.223. The zero-order valence-corrected chi connectivity index (χ0v) is 13.5. The van der Waals surface area contributed by atoms with Crippen LogP contribution in [-0.4, -0.2) is 50.0 Å². The van der Waals surface area contributed by atoms with Crippen molar-refractivity contribution in [3.05, 3.63) is 10.6 Å². The molecule has 20 heavy (non-hydrogen) atoms. The number of aliphatic carboxylic acids is 1. The van der Waals surface area contributed by atoms with E-state index in [0.29, 0.717) is 0 Å². The first kappa shape index (κ1) is 15.7. The van der Waals surface area contributed by atoms with Gasteiger partial charge in [0.15, 0.2) is 0 Å². The summed E-state index contributed by atoms with van der Waals surface area (Å²) in [7, 11) is 0. The standard InChI is InChI=1S/C13H19NO4S2/c1-5-9-8(6(2)15)12(16)14(9)10(13(17)18)11(5)20-7(3)19-4/h5-9,15H,1-4H3,(H,17,18)/t5-,6-,7?,8-,9-/m1/s1. The largest absolute Gasteiger partial charge is 0.477 e. The quantitative estimate of drug-likeness (QED) is 0.592. The van der Waals surface area contributed by atoms with Gasteiger partial charge in [0.05, 0.1) is 22.6 Å². The highest BCUT2D eigenvalue weighted by molar-refractivity contribution is 8.18. The number of carboxylic acid groups (broad SMARTS) is 1. The van der Waals surface area contributed by atoms with Crippen molar-refractivity contribution >= 4 is 35.4 Å². The molecule has 1 unspecified atom stereocenters. The molecule has 2 aliphatic heterocycles. The molecule has 0 aromatic heterocycles. The van der Waals surface area contributed by atoms with Crippen LogP contribution >= 0.6 is 23.5 Å². The van der Waals surface area contributed by atoms with E-state index in [9.17, 15) is 19.8 Å². The van der Waals surface area contributed by atoms with Crippen molar-refractivity contribution in [2.75, 3.05) is 6.26 Å². The molecule has 5 atom stereocenters. The third-order valence-electron chi connectivity index (χ3n) is 3.94. The van der Waals surface area contributed by atoms with Crippen molar-refractivity contribution in [2.45, 2.75) is 37.5 Å². The highest BCUT2D eigenvalue weighted by atomic mass is 32.2. The minimum atomic E-state index is -1.06. The Labute approximate surface area is 126 Å². The number of aliphatic hydroxyl groups is 1. The van der Waals surface area contributed by atoms with Gasteiger partial charge in [0.25, 0.3) is 0 Å². The van der Waals surface area contributed by atoms with E-state index in [1.165, 1.54) is 16.7 Å². The molecule has 0 spiro atoms. The second kappa shape index (κ2) is 5.61. The highest BCUT2D eigenvalue weighted by Gasteiger charge is 2.60. The van der Waals surface area contributed by atoms with Gasteiger partial charge in [0.2, 0.25) is 5.91 Å². The van der Waals surface area contributed by atoms with Crippen molar-refractivity contribution in [3.8, 4) is 0 Å². The lowest BCUT2D eigenvalue weighted by Gasteiger charge is -2.46. The number of hydrogen-bond acceptors (Lipinski definition) is 5. The first-order chi connectivity index (χ1) is 9.31. The van der Waals surface area contributed by atoms with Crippen LogP contribution in [0.2, 0.25) is 0 Å². The molecule has 0 aromatic carbocycles. The molecule has 2 heterocycles. The third-order valence-corrected chi connectivity index (χ3v) is 6.62. The molecule has 2 aliphatic rings.